The van der Waals surface area contributed by atoms with Crippen LogP contribution in [0.2, 0.25) is 0 Å². The number of nitrogens with one attached hydrogen (secondary N) is 1. The zero-order valence-corrected chi connectivity index (χ0v) is 14.1. The number of phenolic OH excluding ortho intramolecular Hbond substituents is 2. The molecule has 0 radical (unpaired) electrons. The van der Waals surface area contributed by atoms with Gasteiger partial charge < -0.3 is 14.9 Å². The Hall–Kier alpha value is -3.62. The smallest absolute Gasteiger partial charge is 0.311 e. The van der Waals surface area contributed by atoms with Crippen molar-refractivity contribution in [2.75, 3.05) is 6.61 Å². The summed E-state index contributed by atoms with van der Waals surface area (Å²) >= 11 is 0. The van der Waals surface area contributed by atoms with Crippen LogP contribution in [0.4, 0.5) is 5.69 Å². The van der Waals surface area contributed by atoms with Gasteiger partial charge in [-0.15, -0.1) is 0 Å². The number of nitrogens with zero attached hydrogens (tertiary/aromatic N) is 2. The standard InChI is InChI=1S/C17H17N3O6/c1-10-3-4-16(14(5-10)20(24)25)26-9-17(23)19-18-8-13-11(2)6-12(21)7-15(13)22/h3-8,21-22H,9H2,1-2H3,(H,19,23). The van der Waals surface area contributed by atoms with Crippen LogP contribution in [0.25, 0.3) is 0 Å². The van der Waals surface area contributed by atoms with E-state index in [0.29, 0.717) is 16.7 Å². The number of benzene rings is 2. The Labute approximate surface area is 148 Å². The molecule has 136 valence electrons. The van der Waals surface area contributed by atoms with Crippen LogP contribution in [-0.2, 0) is 4.79 Å². The molecule has 9 heteroatoms. The predicted octanol–water partition coefficient (Wildman–Crippen LogP) is 2.15. The summed E-state index contributed by atoms with van der Waals surface area (Å²) in [6, 6.07) is 6.98. The van der Waals surface area contributed by atoms with Crippen molar-refractivity contribution in [2.45, 2.75) is 13.8 Å². The maximum absolute atomic E-state index is 11.8. The molecule has 9 nitrogen and oxygen atoms in total. The van der Waals surface area contributed by atoms with Gasteiger partial charge in [0.25, 0.3) is 5.91 Å². The molecule has 0 aliphatic heterocycles. The molecule has 26 heavy (non-hydrogen) atoms. The fourth-order valence-corrected chi connectivity index (χ4v) is 2.17. The Morgan fingerprint density at radius 2 is 2.04 bits per heavy atom. The second-order valence-electron chi connectivity index (χ2n) is 5.51. The van der Waals surface area contributed by atoms with Gasteiger partial charge in [-0.3, -0.25) is 14.9 Å². The van der Waals surface area contributed by atoms with E-state index in [9.17, 15) is 25.1 Å². The molecule has 0 saturated carbocycles. The molecule has 0 atom stereocenters. The van der Waals surface area contributed by atoms with Crippen molar-refractivity contribution in [1.82, 2.24) is 5.43 Å². The van der Waals surface area contributed by atoms with Crippen LogP contribution in [0.15, 0.2) is 35.4 Å². The number of aromatic hydroxyl groups is 2. The van der Waals surface area contributed by atoms with E-state index in [1.54, 1.807) is 19.9 Å². The fraction of sp³-hybridized carbons (Fsp3) is 0.176. The van der Waals surface area contributed by atoms with Gasteiger partial charge in [0.15, 0.2) is 12.4 Å². The van der Waals surface area contributed by atoms with Gasteiger partial charge in [0.05, 0.1) is 11.1 Å². The first-order valence-corrected chi connectivity index (χ1v) is 7.50. The highest BCUT2D eigenvalue weighted by Crippen LogP contribution is 2.27. The molecule has 0 heterocycles. The number of aryl methyl sites for hydroxylation is 2. The highest BCUT2D eigenvalue weighted by molar-refractivity contribution is 5.87. The molecule has 0 bridgehead atoms. The summed E-state index contributed by atoms with van der Waals surface area (Å²) in [6.45, 7) is 2.89. The number of nitro groups is 1. The molecular formula is C17H17N3O6. The van der Waals surface area contributed by atoms with Gasteiger partial charge >= 0.3 is 5.69 Å². The maximum atomic E-state index is 11.8. The number of rotatable bonds is 6. The van der Waals surface area contributed by atoms with Crippen LogP contribution >= 0.6 is 0 Å². The number of hydrogen-bond acceptors (Lipinski definition) is 7. The molecule has 0 fully saturated rings. The van der Waals surface area contributed by atoms with Crippen molar-refractivity contribution < 1.29 is 24.7 Å². The van der Waals surface area contributed by atoms with Crippen molar-refractivity contribution in [3.63, 3.8) is 0 Å². The van der Waals surface area contributed by atoms with Gasteiger partial charge in [-0.05, 0) is 37.1 Å². The SMILES string of the molecule is Cc1ccc(OCC(=O)NN=Cc2c(C)cc(O)cc2O)c([N+](=O)[O-])c1. The van der Waals surface area contributed by atoms with Gasteiger partial charge in [-0.25, -0.2) is 5.43 Å². The first kappa shape index (κ1) is 18.7. The molecule has 0 saturated heterocycles. The number of hydrazone groups is 1. The summed E-state index contributed by atoms with van der Waals surface area (Å²) in [4.78, 5) is 22.2. The largest absolute Gasteiger partial charge is 0.508 e. The average Bonchev–Trinajstić information content (AvgIpc) is 2.55. The van der Waals surface area contributed by atoms with E-state index >= 15 is 0 Å². The van der Waals surface area contributed by atoms with Crippen molar-refractivity contribution in [3.05, 3.63) is 57.1 Å². The number of ether oxygens (including phenoxy) is 1. The van der Waals surface area contributed by atoms with Gasteiger partial charge in [0.2, 0.25) is 0 Å². The van der Waals surface area contributed by atoms with E-state index in [1.807, 2.05) is 0 Å². The summed E-state index contributed by atoms with van der Waals surface area (Å²) in [5.74, 6) is -0.930. The Morgan fingerprint density at radius 3 is 2.69 bits per heavy atom. The second-order valence-corrected chi connectivity index (χ2v) is 5.51. The fourth-order valence-electron chi connectivity index (χ4n) is 2.17. The lowest BCUT2D eigenvalue weighted by Crippen LogP contribution is -2.24. The third kappa shape index (κ3) is 4.69. The lowest BCUT2D eigenvalue weighted by Gasteiger charge is -2.07. The molecule has 3 N–H and O–H groups in total. The Kier molecular flexibility index (Phi) is 5.74. The monoisotopic (exact) mass is 359 g/mol. The molecule has 0 aliphatic carbocycles. The molecule has 2 aromatic carbocycles. The number of amides is 1. The van der Waals surface area contributed by atoms with E-state index in [1.165, 1.54) is 24.4 Å². The Balaban J connectivity index is 1.97. The zero-order valence-electron chi connectivity index (χ0n) is 14.1. The van der Waals surface area contributed by atoms with Crippen LogP contribution in [-0.4, -0.2) is 33.9 Å². The molecule has 0 unspecified atom stereocenters. The number of phenols is 2. The van der Waals surface area contributed by atoms with Crippen molar-refractivity contribution in [1.29, 1.82) is 0 Å². The van der Waals surface area contributed by atoms with E-state index in [0.717, 1.165) is 6.07 Å². The molecule has 1 amide bonds. The third-order valence-corrected chi connectivity index (χ3v) is 3.40. The van der Waals surface area contributed by atoms with Gasteiger partial charge in [-0.1, -0.05) is 6.07 Å². The first-order valence-electron chi connectivity index (χ1n) is 7.50. The van der Waals surface area contributed by atoms with Gasteiger partial charge in [0, 0.05) is 17.7 Å². The highest BCUT2D eigenvalue weighted by atomic mass is 16.6. The lowest BCUT2D eigenvalue weighted by atomic mass is 10.1. The zero-order chi connectivity index (χ0) is 19.3. The molecule has 0 aromatic heterocycles. The van der Waals surface area contributed by atoms with Crippen LogP contribution in [0.3, 0.4) is 0 Å². The average molecular weight is 359 g/mol. The minimum atomic E-state index is -0.632. The van der Waals surface area contributed by atoms with E-state index < -0.39 is 17.4 Å². The molecule has 0 spiro atoms. The summed E-state index contributed by atoms with van der Waals surface area (Å²) in [6.07, 6.45) is 1.22. The number of hydrogen-bond donors (Lipinski definition) is 3. The summed E-state index contributed by atoms with van der Waals surface area (Å²) in [5, 5.41) is 33.8. The number of carbonyl (C=O) groups excluding carboxylic acids is 1. The molecule has 0 aliphatic rings. The Bertz CT molecular complexity index is 856. The number of carbonyl (C=O) groups is 1. The third-order valence-electron chi connectivity index (χ3n) is 3.40. The minimum Gasteiger partial charge on any atom is -0.508 e. The highest BCUT2D eigenvalue weighted by Gasteiger charge is 2.16. The first-order chi connectivity index (χ1) is 12.3. The van der Waals surface area contributed by atoms with Crippen LogP contribution in [0.1, 0.15) is 16.7 Å². The topological polar surface area (TPSA) is 134 Å². The van der Waals surface area contributed by atoms with Crippen LogP contribution in [0, 0.1) is 24.0 Å². The number of nitro benzene ring substituents is 1. The predicted molar refractivity (Wildman–Crippen MR) is 93.6 cm³/mol. The van der Waals surface area contributed by atoms with Gasteiger partial charge in [-0.2, -0.15) is 5.10 Å². The minimum absolute atomic E-state index is 0.0215. The van der Waals surface area contributed by atoms with Crippen molar-refractivity contribution in [3.8, 4) is 17.2 Å². The summed E-state index contributed by atoms with van der Waals surface area (Å²) < 4.78 is 5.17. The van der Waals surface area contributed by atoms with Crippen molar-refractivity contribution >= 4 is 17.8 Å². The Morgan fingerprint density at radius 1 is 1.31 bits per heavy atom. The van der Waals surface area contributed by atoms with E-state index in [4.69, 9.17) is 4.74 Å². The summed E-state index contributed by atoms with van der Waals surface area (Å²) in [7, 11) is 0. The maximum Gasteiger partial charge on any atom is 0.311 e. The van der Waals surface area contributed by atoms with E-state index in [-0.39, 0.29) is 22.9 Å². The summed E-state index contributed by atoms with van der Waals surface area (Å²) in [5.41, 5.74) is 3.55. The normalized spacial score (nSPS) is 10.7. The molecule has 2 rings (SSSR count). The van der Waals surface area contributed by atoms with E-state index in [2.05, 4.69) is 10.5 Å². The van der Waals surface area contributed by atoms with Crippen LogP contribution in [0.5, 0.6) is 17.2 Å². The molecular weight excluding hydrogens is 342 g/mol. The van der Waals surface area contributed by atoms with Gasteiger partial charge in [0.1, 0.15) is 11.5 Å². The molecule has 2 aromatic rings. The lowest BCUT2D eigenvalue weighted by molar-refractivity contribution is -0.385. The van der Waals surface area contributed by atoms with Crippen LogP contribution < -0.4 is 10.2 Å². The second kappa shape index (κ2) is 7.97. The van der Waals surface area contributed by atoms with Crippen molar-refractivity contribution in [2.24, 2.45) is 5.10 Å². The quantitative estimate of drug-likeness (QED) is 0.411.